The topological polar surface area (TPSA) is 36.0 Å². The molecule has 0 atom stereocenters. The monoisotopic (exact) mass is 177 g/mol. The highest BCUT2D eigenvalue weighted by Gasteiger charge is 1.92. The third-order valence-electron chi connectivity index (χ3n) is 1.66. The van der Waals surface area contributed by atoms with Crippen molar-refractivity contribution in [3.05, 3.63) is 36.0 Å². The second-order valence-electron chi connectivity index (χ2n) is 2.86. The number of nitrogens with one attached hydrogen (secondary N) is 1. The molecule has 0 unspecified atom stereocenters. The minimum Gasteiger partial charge on any atom is -0.397 e. The largest absolute Gasteiger partial charge is 0.397 e. The lowest BCUT2D eigenvalue weighted by Crippen LogP contribution is -1.65. The number of fused-ring (bicyclic) bond motifs is 1. The molecule has 2 heteroatoms. The Morgan fingerprint density at radius 2 is 1.92 bits per heavy atom. The summed E-state index contributed by atoms with van der Waals surface area (Å²) in [5, 5.41) is 8.86. The minimum atomic E-state index is 0.250. The number of para-hydroxylation sites is 1. The van der Waals surface area contributed by atoms with Gasteiger partial charge in [-0.05, 0) is 31.4 Å². The van der Waals surface area contributed by atoms with Gasteiger partial charge in [-0.15, -0.1) is 0 Å². The molecule has 0 saturated heterocycles. The molecule has 0 radical (unpaired) electrons. The second-order valence-corrected chi connectivity index (χ2v) is 2.86. The summed E-state index contributed by atoms with van der Waals surface area (Å²) >= 11 is 0. The molecule has 70 valence electrons. The van der Waals surface area contributed by atoms with Gasteiger partial charge in [-0.25, -0.2) is 0 Å². The van der Waals surface area contributed by atoms with E-state index in [-0.39, 0.29) is 6.61 Å². The minimum absolute atomic E-state index is 0.250. The van der Waals surface area contributed by atoms with Crippen LogP contribution in [0.1, 0.15) is 12.6 Å². The number of benzene rings is 1. The fraction of sp³-hybridized carbons (Fsp3) is 0.273. The van der Waals surface area contributed by atoms with E-state index < -0.39 is 0 Å². The fourth-order valence-corrected chi connectivity index (χ4v) is 1.22. The Morgan fingerprint density at radius 3 is 2.54 bits per heavy atom. The molecular formula is C11H15NO. The number of rotatable bonds is 0. The zero-order valence-electron chi connectivity index (χ0n) is 8.04. The normalized spacial score (nSPS) is 9.46. The highest BCUT2D eigenvalue weighted by atomic mass is 16.2. The molecule has 0 bridgehead atoms. The first kappa shape index (κ1) is 9.81. The molecule has 1 aromatic heterocycles. The molecule has 0 aliphatic carbocycles. The Bertz CT molecular complexity index is 332. The van der Waals surface area contributed by atoms with Gasteiger partial charge >= 0.3 is 0 Å². The van der Waals surface area contributed by atoms with Crippen LogP contribution >= 0.6 is 0 Å². The molecule has 0 aliphatic rings. The molecule has 0 fully saturated rings. The molecule has 2 nitrogen and oxygen atoms in total. The van der Waals surface area contributed by atoms with E-state index in [1.807, 2.05) is 6.07 Å². The van der Waals surface area contributed by atoms with E-state index in [2.05, 4.69) is 36.2 Å². The van der Waals surface area contributed by atoms with E-state index in [0.29, 0.717) is 0 Å². The Hall–Kier alpha value is -1.28. The average molecular weight is 177 g/mol. The van der Waals surface area contributed by atoms with Crippen LogP contribution in [0.2, 0.25) is 0 Å². The first-order chi connectivity index (χ1) is 6.27. The van der Waals surface area contributed by atoms with Crippen molar-refractivity contribution in [1.82, 2.24) is 4.98 Å². The van der Waals surface area contributed by atoms with Crippen LogP contribution < -0.4 is 0 Å². The Balaban J connectivity index is 0.000000251. The maximum absolute atomic E-state index is 7.57. The first-order valence-corrected chi connectivity index (χ1v) is 4.43. The summed E-state index contributed by atoms with van der Waals surface area (Å²) in [4.78, 5) is 3.26. The molecule has 0 saturated carbocycles. The van der Waals surface area contributed by atoms with E-state index in [1.165, 1.54) is 16.6 Å². The number of hydrogen-bond acceptors (Lipinski definition) is 1. The van der Waals surface area contributed by atoms with Crippen molar-refractivity contribution < 1.29 is 5.11 Å². The Kier molecular flexibility index (Phi) is 3.53. The summed E-state index contributed by atoms with van der Waals surface area (Å²) in [6.07, 6.45) is 0. The fourth-order valence-electron chi connectivity index (χ4n) is 1.22. The average Bonchev–Trinajstić information content (AvgIpc) is 2.45. The zero-order chi connectivity index (χ0) is 9.68. The number of H-pyrrole nitrogens is 1. The number of aliphatic hydroxyl groups excluding tert-OH is 1. The van der Waals surface area contributed by atoms with Gasteiger partial charge in [0.05, 0.1) is 0 Å². The van der Waals surface area contributed by atoms with E-state index in [1.54, 1.807) is 6.92 Å². The van der Waals surface area contributed by atoms with E-state index in [9.17, 15) is 0 Å². The summed E-state index contributed by atoms with van der Waals surface area (Å²) in [6.45, 7) is 4.00. The van der Waals surface area contributed by atoms with Crippen molar-refractivity contribution in [2.45, 2.75) is 13.8 Å². The summed E-state index contributed by atoms with van der Waals surface area (Å²) in [5.41, 5.74) is 2.45. The van der Waals surface area contributed by atoms with Gasteiger partial charge in [0, 0.05) is 17.8 Å². The molecule has 1 aromatic carbocycles. The molecule has 0 amide bonds. The van der Waals surface area contributed by atoms with Crippen molar-refractivity contribution in [2.75, 3.05) is 6.61 Å². The predicted molar refractivity (Wildman–Crippen MR) is 55.8 cm³/mol. The van der Waals surface area contributed by atoms with Gasteiger partial charge in [0.2, 0.25) is 0 Å². The zero-order valence-corrected chi connectivity index (χ0v) is 8.04. The van der Waals surface area contributed by atoms with Gasteiger partial charge in [0.1, 0.15) is 0 Å². The van der Waals surface area contributed by atoms with Gasteiger partial charge in [-0.2, -0.15) is 0 Å². The molecular weight excluding hydrogens is 162 g/mol. The smallest absolute Gasteiger partial charge is 0.0455 e. The summed E-state index contributed by atoms with van der Waals surface area (Å²) in [7, 11) is 0. The number of aryl methyl sites for hydroxylation is 1. The molecule has 1 heterocycles. The molecule has 0 spiro atoms. The van der Waals surface area contributed by atoms with Crippen molar-refractivity contribution in [2.24, 2.45) is 0 Å². The van der Waals surface area contributed by atoms with Crippen LogP contribution in [-0.2, 0) is 0 Å². The number of aliphatic hydroxyl groups is 1. The highest BCUT2D eigenvalue weighted by Crippen LogP contribution is 2.12. The quantitative estimate of drug-likeness (QED) is 0.637. The van der Waals surface area contributed by atoms with Crippen LogP contribution in [0.15, 0.2) is 30.3 Å². The van der Waals surface area contributed by atoms with Crippen LogP contribution in [0.25, 0.3) is 10.9 Å². The lowest BCUT2D eigenvalue weighted by molar-refractivity contribution is 0.318. The first-order valence-electron chi connectivity index (χ1n) is 4.43. The molecule has 13 heavy (non-hydrogen) atoms. The molecule has 2 aromatic rings. The van der Waals surface area contributed by atoms with Crippen molar-refractivity contribution in [3.63, 3.8) is 0 Å². The second kappa shape index (κ2) is 4.67. The Morgan fingerprint density at radius 1 is 1.31 bits per heavy atom. The van der Waals surface area contributed by atoms with Crippen LogP contribution in [0.5, 0.6) is 0 Å². The SMILES string of the molecule is CCO.Cc1cc2ccccc2[nH]1. The van der Waals surface area contributed by atoms with Gasteiger partial charge in [-0.1, -0.05) is 18.2 Å². The van der Waals surface area contributed by atoms with Crippen LogP contribution in [0, 0.1) is 6.92 Å². The summed E-state index contributed by atoms with van der Waals surface area (Å²) in [6, 6.07) is 10.4. The lowest BCUT2D eigenvalue weighted by Gasteiger charge is -1.83. The van der Waals surface area contributed by atoms with Gasteiger partial charge < -0.3 is 10.1 Å². The Labute approximate surface area is 78.2 Å². The van der Waals surface area contributed by atoms with Gasteiger partial charge in [0.15, 0.2) is 0 Å². The van der Waals surface area contributed by atoms with E-state index >= 15 is 0 Å². The summed E-state index contributed by atoms with van der Waals surface area (Å²) in [5.74, 6) is 0. The van der Waals surface area contributed by atoms with Gasteiger partial charge in [0.25, 0.3) is 0 Å². The highest BCUT2D eigenvalue weighted by molar-refractivity contribution is 5.79. The number of hydrogen-bond donors (Lipinski definition) is 2. The molecule has 2 N–H and O–H groups in total. The molecule has 2 rings (SSSR count). The third kappa shape index (κ3) is 2.60. The van der Waals surface area contributed by atoms with E-state index in [4.69, 9.17) is 5.11 Å². The molecule has 0 aliphatic heterocycles. The number of aromatic nitrogens is 1. The predicted octanol–water partition coefficient (Wildman–Crippen LogP) is 2.47. The standard InChI is InChI=1S/C9H9N.C2H6O/c1-7-6-8-4-2-3-5-9(8)10-7;1-2-3/h2-6,10H,1H3;3H,2H2,1H3. The maximum atomic E-state index is 7.57. The van der Waals surface area contributed by atoms with E-state index in [0.717, 1.165) is 0 Å². The van der Waals surface area contributed by atoms with Crippen molar-refractivity contribution >= 4 is 10.9 Å². The maximum Gasteiger partial charge on any atom is 0.0455 e. The van der Waals surface area contributed by atoms with Crippen molar-refractivity contribution in [3.8, 4) is 0 Å². The van der Waals surface area contributed by atoms with Crippen LogP contribution in [0.3, 0.4) is 0 Å². The third-order valence-corrected chi connectivity index (χ3v) is 1.66. The number of aromatic amines is 1. The van der Waals surface area contributed by atoms with Crippen LogP contribution in [-0.4, -0.2) is 16.7 Å². The summed E-state index contributed by atoms with van der Waals surface area (Å²) < 4.78 is 0. The lowest BCUT2D eigenvalue weighted by atomic mass is 10.2. The van der Waals surface area contributed by atoms with Crippen LogP contribution in [0.4, 0.5) is 0 Å². The van der Waals surface area contributed by atoms with Gasteiger partial charge in [-0.3, -0.25) is 0 Å². The van der Waals surface area contributed by atoms with Crippen molar-refractivity contribution in [1.29, 1.82) is 0 Å².